The van der Waals surface area contributed by atoms with E-state index in [0.29, 0.717) is 6.04 Å². The molecular weight excluding hydrogens is 406 g/mol. The predicted molar refractivity (Wildman–Crippen MR) is 126 cm³/mol. The van der Waals surface area contributed by atoms with Gasteiger partial charge in [-0.05, 0) is 30.5 Å². The third-order valence-corrected chi connectivity index (χ3v) is 6.98. The fraction of sp³-hybridized carbons (Fsp3) is 0.400. The Morgan fingerprint density at radius 2 is 1.97 bits per heavy atom. The van der Waals surface area contributed by atoms with Crippen LogP contribution in [0.15, 0.2) is 54.7 Å². The molecule has 0 amide bonds. The van der Waals surface area contributed by atoms with E-state index in [-0.39, 0.29) is 6.61 Å². The molecule has 2 heterocycles. The highest BCUT2D eigenvalue weighted by atomic mass is 32.1. The molecule has 6 heteroatoms. The van der Waals surface area contributed by atoms with Crippen molar-refractivity contribution in [2.24, 2.45) is 0 Å². The Labute approximate surface area is 188 Å². The first-order valence-corrected chi connectivity index (χ1v) is 11.7. The van der Waals surface area contributed by atoms with E-state index in [4.69, 9.17) is 4.74 Å². The number of rotatable bonds is 8. The number of aliphatic hydroxyl groups excluding tert-OH is 1. The molecule has 31 heavy (non-hydrogen) atoms. The molecule has 1 atom stereocenters. The third kappa shape index (κ3) is 5.52. The Morgan fingerprint density at radius 3 is 2.71 bits per heavy atom. The molecule has 1 aliphatic heterocycles. The second kappa shape index (κ2) is 10.4. The van der Waals surface area contributed by atoms with Gasteiger partial charge >= 0.3 is 0 Å². The number of hydrogen-bond acceptors (Lipinski definition) is 6. The third-order valence-electron chi connectivity index (χ3n) is 5.95. The van der Waals surface area contributed by atoms with E-state index in [1.807, 2.05) is 12.3 Å². The average molecular weight is 438 g/mol. The highest BCUT2D eigenvalue weighted by Gasteiger charge is 2.27. The van der Waals surface area contributed by atoms with E-state index in [1.54, 1.807) is 18.4 Å². The summed E-state index contributed by atoms with van der Waals surface area (Å²) in [5, 5.41) is 10.7. The Kier molecular flexibility index (Phi) is 7.35. The average Bonchev–Trinajstić information content (AvgIpc) is 3.25. The van der Waals surface area contributed by atoms with Gasteiger partial charge in [-0.1, -0.05) is 42.5 Å². The molecule has 4 rings (SSSR count). The van der Waals surface area contributed by atoms with Crippen molar-refractivity contribution >= 4 is 11.3 Å². The fourth-order valence-electron chi connectivity index (χ4n) is 4.32. The maximum Gasteiger partial charge on any atom is 0.123 e. The van der Waals surface area contributed by atoms with Crippen molar-refractivity contribution in [2.75, 3.05) is 33.4 Å². The number of methoxy groups -OCH3 is 1. The number of aryl methyl sites for hydroxylation is 1. The summed E-state index contributed by atoms with van der Waals surface area (Å²) in [4.78, 5) is 10.9. The van der Waals surface area contributed by atoms with Crippen LogP contribution in [0, 0.1) is 6.92 Å². The standard InChI is InChI=1S/C25H31N3O2S/c1-19-14-20(8-9-24(19)30-2)16-28-12-11-27(17-22(28)10-13-29)18-23-15-26-25(31-23)21-6-4-3-5-7-21/h3-9,14-15,22,29H,10-13,16-18H2,1-2H3. The van der Waals surface area contributed by atoms with Gasteiger partial charge in [0, 0.05) is 62.0 Å². The van der Waals surface area contributed by atoms with Crippen LogP contribution in [0.5, 0.6) is 5.75 Å². The number of aromatic nitrogens is 1. The van der Waals surface area contributed by atoms with Crippen LogP contribution in [0.4, 0.5) is 0 Å². The minimum Gasteiger partial charge on any atom is -0.496 e. The van der Waals surface area contributed by atoms with Gasteiger partial charge < -0.3 is 9.84 Å². The van der Waals surface area contributed by atoms with Gasteiger partial charge in [0.05, 0.1) is 7.11 Å². The Hall–Kier alpha value is -2.25. The second-order valence-electron chi connectivity index (χ2n) is 8.17. The first kappa shape index (κ1) is 22.0. The van der Waals surface area contributed by atoms with Gasteiger partial charge in [-0.2, -0.15) is 0 Å². The smallest absolute Gasteiger partial charge is 0.123 e. The quantitative estimate of drug-likeness (QED) is 0.572. The van der Waals surface area contributed by atoms with Gasteiger partial charge in [-0.3, -0.25) is 9.80 Å². The van der Waals surface area contributed by atoms with Crippen molar-refractivity contribution in [3.8, 4) is 16.3 Å². The van der Waals surface area contributed by atoms with E-state index in [2.05, 4.69) is 64.2 Å². The van der Waals surface area contributed by atoms with Crippen LogP contribution in [0.1, 0.15) is 22.4 Å². The van der Waals surface area contributed by atoms with Crippen molar-refractivity contribution < 1.29 is 9.84 Å². The summed E-state index contributed by atoms with van der Waals surface area (Å²) in [7, 11) is 1.71. The number of benzene rings is 2. The second-order valence-corrected chi connectivity index (χ2v) is 9.29. The lowest BCUT2D eigenvalue weighted by molar-refractivity contribution is 0.0504. The zero-order valence-corrected chi connectivity index (χ0v) is 19.1. The molecule has 0 saturated carbocycles. The number of hydrogen-bond donors (Lipinski definition) is 1. The lowest BCUT2D eigenvalue weighted by Crippen LogP contribution is -2.52. The molecule has 0 radical (unpaired) electrons. The van der Waals surface area contributed by atoms with Crippen LogP contribution in [0.3, 0.4) is 0 Å². The summed E-state index contributed by atoms with van der Waals surface area (Å²) in [6.07, 6.45) is 2.81. The van der Waals surface area contributed by atoms with Gasteiger partial charge in [-0.25, -0.2) is 4.98 Å². The maximum absolute atomic E-state index is 9.65. The van der Waals surface area contributed by atoms with Crippen LogP contribution in [-0.4, -0.2) is 59.3 Å². The normalized spacial score (nSPS) is 17.7. The number of ether oxygens (including phenoxy) is 1. The highest BCUT2D eigenvalue weighted by Crippen LogP contribution is 2.27. The zero-order chi connectivity index (χ0) is 21.6. The lowest BCUT2D eigenvalue weighted by Gasteiger charge is -2.41. The van der Waals surface area contributed by atoms with E-state index in [0.717, 1.165) is 55.5 Å². The van der Waals surface area contributed by atoms with E-state index in [1.165, 1.54) is 16.0 Å². The molecule has 0 aliphatic carbocycles. The molecule has 2 aromatic carbocycles. The molecule has 1 aromatic heterocycles. The number of nitrogens with zero attached hydrogens (tertiary/aromatic N) is 3. The van der Waals surface area contributed by atoms with E-state index < -0.39 is 0 Å². The van der Waals surface area contributed by atoms with Crippen molar-refractivity contribution in [2.45, 2.75) is 32.5 Å². The lowest BCUT2D eigenvalue weighted by atomic mass is 10.1. The zero-order valence-electron chi connectivity index (χ0n) is 18.3. The van der Waals surface area contributed by atoms with Crippen LogP contribution in [-0.2, 0) is 13.1 Å². The summed E-state index contributed by atoms with van der Waals surface area (Å²) in [6, 6.07) is 17.1. The molecule has 0 spiro atoms. The molecule has 164 valence electrons. The minimum absolute atomic E-state index is 0.218. The Morgan fingerprint density at radius 1 is 1.13 bits per heavy atom. The van der Waals surface area contributed by atoms with Crippen molar-refractivity contribution in [1.82, 2.24) is 14.8 Å². The summed E-state index contributed by atoms with van der Waals surface area (Å²) >= 11 is 1.78. The SMILES string of the molecule is COc1ccc(CN2CCN(Cc3cnc(-c4ccccc4)s3)CC2CCO)cc1C. The Bertz CT molecular complexity index is 976. The summed E-state index contributed by atoms with van der Waals surface area (Å²) in [5.74, 6) is 0.930. The van der Waals surface area contributed by atoms with Gasteiger partial charge in [0.2, 0.25) is 0 Å². The number of piperazine rings is 1. The largest absolute Gasteiger partial charge is 0.496 e. The monoisotopic (exact) mass is 437 g/mol. The van der Waals surface area contributed by atoms with Gasteiger partial charge in [0.25, 0.3) is 0 Å². The molecule has 1 N–H and O–H groups in total. The van der Waals surface area contributed by atoms with Crippen LogP contribution in [0.2, 0.25) is 0 Å². The van der Waals surface area contributed by atoms with Gasteiger partial charge in [-0.15, -0.1) is 11.3 Å². The minimum atomic E-state index is 0.218. The van der Waals surface area contributed by atoms with Crippen molar-refractivity contribution in [3.63, 3.8) is 0 Å². The van der Waals surface area contributed by atoms with Crippen LogP contribution >= 0.6 is 11.3 Å². The predicted octanol–water partition coefficient (Wildman–Crippen LogP) is 4.20. The molecular formula is C25H31N3O2S. The van der Waals surface area contributed by atoms with Crippen molar-refractivity contribution in [1.29, 1.82) is 0 Å². The molecule has 5 nitrogen and oxygen atoms in total. The van der Waals surface area contributed by atoms with E-state index >= 15 is 0 Å². The summed E-state index contributed by atoms with van der Waals surface area (Å²) in [5.41, 5.74) is 3.64. The molecule has 0 bridgehead atoms. The first-order valence-electron chi connectivity index (χ1n) is 10.9. The van der Waals surface area contributed by atoms with Crippen molar-refractivity contribution in [3.05, 3.63) is 70.7 Å². The van der Waals surface area contributed by atoms with Gasteiger partial charge in [0.1, 0.15) is 10.8 Å². The molecule has 1 unspecified atom stereocenters. The Balaban J connectivity index is 1.39. The highest BCUT2D eigenvalue weighted by molar-refractivity contribution is 7.15. The molecule has 1 fully saturated rings. The molecule has 1 saturated heterocycles. The number of aliphatic hydroxyl groups is 1. The molecule has 1 aliphatic rings. The maximum atomic E-state index is 9.65. The fourth-order valence-corrected chi connectivity index (χ4v) is 5.28. The van der Waals surface area contributed by atoms with Crippen LogP contribution in [0.25, 0.3) is 10.6 Å². The summed E-state index contributed by atoms with van der Waals surface area (Å²) in [6.45, 7) is 7.12. The number of thiazole rings is 1. The van der Waals surface area contributed by atoms with E-state index in [9.17, 15) is 5.11 Å². The van der Waals surface area contributed by atoms with Gasteiger partial charge in [0.15, 0.2) is 0 Å². The topological polar surface area (TPSA) is 48.8 Å². The summed E-state index contributed by atoms with van der Waals surface area (Å²) < 4.78 is 5.39. The van der Waals surface area contributed by atoms with Crippen LogP contribution < -0.4 is 4.74 Å². The molecule has 3 aromatic rings. The first-order chi connectivity index (χ1) is 15.2.